The number of halogens is 2. The van der Waals surface area contributed by atoms with Crippen molar-refractivity contribution in [2.24, 2.45) is 10.8 Å². The third-order valence-electron chi connectivity index (χ3n) is 4.64. The largest absolute Gasteiger partial charge is 0.398 e. The molecule has 0 unspecified atom stereocenters. The molecule has 0 aliphatic heterocycles. The lowest BCUT2D eigenvalue weighted by Gasteiger charge is -2.11. The Balaban J connectivity index is 2.36. The number of nitrogens with two attached hydrogens (primary N) is 1. The first-order valence-electron chi connectivity index (χ1n) is 6.18. The highest BCUT2D eigenvalue weighted by Crippen LogP contribution is 2.63. The summed E-state index contributed by atoms with van der Waals surface area (Å²) in [5.74, 6) is -0.589. The van der Waals surface area contributed by atoms with Crippen molar-refractivity contribution < 1.29 is 12.8 Å². The van der Waals surface area contributed by atoms with E-state index in [0.29, 0.717) is 0 Å². The maximum Gasteiger partial charge on any atom is 0.242 e. The van der Waals surface area contributed by atoms with Crippen molar-refractivity contribution in [3.63, 3.8) is 0 Å². The second-order valence-corrected chi connectivity index (χ2v) is 8.84. The van der Waals surface area contributed by atoms with Crippen LogP contribution in [0.15, 0.2) is 21.5 Å². The Bertz CT molecular complexity index is 657. The molecular formula is C13H18BrFN2O2S. The fourth-order valence-electron chi connectivity index (χ4n) is 2.49. The molecule has 112 valence electrons. The van der Waals surface area contributed by atoms with E-state index in [-0.39, 0.29) is 31.9 Å². The van der Waals surface area contributed by atoms with Crippen LogP contribution in [0.25, 0.3) is 0 Å². The summed E-state index contributed by atoms with van der Waals surface area (Å²) in [6, 6.07) is 2.01. The Morgan fingerprint density at radius 3 is 2.20 bits per heavy atom. The molecule has 1 aliphatic carbocycles. The van der Waals surface area contributed by atoms with Gasteiger partial charge in [-0.25, -0.2) is 17.5 Å². The molecule has 0 heterocycles. The van der Waals surface area contributed by atoms with Gasteiger partial charge in [0.1, 0.15) is 10.7 Å². The van der Waals surface area contributed by atoms with Crippen molar-refractivity contribution in [1.29, 1.82) is 0 Å². The van der Waals surface area contributed by atoms with Crippen molar-refractivity contribution >= 4 is 31.6 Å². The first-order chi connectivity index (χ1) is 8.91. The lowest BCUT2D eigenvalue weighted by molar-refractivity contribution is 0.457. The molecule has 0 radical (unpaired) electrons. The van der Waals surface area contributed by atoms with Gasteiger partial charge in [0.25, 0.3) is 0 Å². The van der Waals surface area contributed by atoms with Gasteiger partial charge in [0.2, 0.25) is 10.0 Å². The normalized spacial score (nSPS) is 20.9. The summed E-state index contributed by atoms with van der Waals surface area (Å²) in [4.78, 5) is -0.107. The van der Waals surface area contributed by atoms with Crippen molar-refractivity contribution in [1.82, 2.24) is 4.72 Å². The molecule has 2 rings (SSSR count). The van der Waals surface area contributed by atoms with Crippen LogP contribution >= 0.6 is 15.9 Å². The van der Waals surface area contributed by atoms with Crippen LogP contribution < -0.4 is 10.5 Å². The van der Waals surface area contributed by atoms with E-state index < -0.39 is 15.8 Å². The summed E-state index contributed by atoms with van der Waals surface area (Å²) in [6.45, 7) is 8.02. The second-order valence-electron chi connectivity index (χ2n) is 6.30. The van der Waals surface area contributed by atoms with E-state index >= 15 is 0 Å². The zero-order valence-corrected chi connectivity index (χ0v) is 14.2. The number of rotatable bonds is 3. The van der Waals surface area contributed by atoms with Gasteiger partial charge in [-0.3, -0.25) is 0 Å². The average Bonchev–Trinajstić information content (AvgIpc) is 2.65. The van der Waals surface area contributed by atoms with Gasteiger partial charge < -0.3 is 5.73 Å². The van der Waals surface area contributed by atoms with Gasteiger partial charge in [-0.15, -0.1) is 0 Å². The summed E-state index contributed by atoms with van der Waals surface area (Å²) in [5, 5.41) is 0. The number of hydrogen-bond acceptors (Lipinski definition) is 3. The monoisotopic (exact) mass is 364 g/mol. The molecule has 4 nitrogen and oxygen atoms in total. The van der Waals surface area contributed by atoms with Crippen LogP contribution in [0.3, 0.4) is 0 Å². The molecule has 0 aromatic heterocycles. The molecule has 0 amide bonds. The Labute approximate surface area is 127 Å². The van der Waals surface area contributed by atoms with Crippen molar-refractivity contribution in [3.8, 4) is 0 Å². The SMILES string of the molecule is CC1(C)C(NS(=O)(=O)c2cc(Br)c(F)cc2N)C1(C)C. The van der Waals surface area contributed by atoms with Gasteiger partial charge in [-0.1, -0.05) is 27.7 Å². The predicted molar refractivity (Wildman–Crippen MR) is 80.2 cm³/mol. The highest BCUT2D eigenvalue weighted by atomic mass is 79.9. The summed E-state index contributed by atoms with van der Waals surface area (Å²) < 4.78 is 40.9. The first kappa shape index (κ1) is 15.7. The lowest BCUT2D eigenvalue weighted by atomic mass is 10.0. The second kappa shape index (κ2) is 4.42. The summed E-state index contributed by atoms with van der Waals surface area (Å²) in [7, 11) is -3.78. The summed E-state index contributed by atoms with van der Waals surface area (Å²) >= 11 is 2.98. The zero-order valence-electron chi connectivity index (χ0n) is 11.8. The quantitative estimate of drug-likeness (QED) is 0.809. The Kier molecular flexibility index (Phi) is 3.47. The molecule has 1 fully saturated rings. The van der Waals surface area contributed by atoms with Crippen LogP contribution in [-0.4, -0.2) is 14.5 Å². The first-order valence-corrected chi connectivity index (χ1v) is 8.46. The van der Waals surface area contributed by atoms with E-state index in [1.165, 1.54) is 6.07 Å². The lowest BCUT2D eigenvalue weighted by Crippen LogP contribution is -2.30. The molecule has 1 aliphatic rings. The molecule has 20 heavy (non-hydrogen) atoms. The van der Waals surface area contributed by atoms with Crippen LogP contribution in [0.1, 0.15) is 27.7 Å². The van der Waals surface area contributed by atoms with Crippen LogP contribution in [0.4, 0.5) is 10.1 Å². The molecular weight excluding hydrogens is 347 g/mol. The van der Waals surface area contributed by atoms with E-state index in [9.17, 15) is 12.8 Å². The maximum absolute atomic E-state index is 13.3. The van der Waals surface area contributed by atoms with Gasteiger partial charge in [-0.05, 0) is 38.9 Å². The molecule has 7 heteroatoms. The number of sulfonamides is 1. The molecule has 0 saturated heterocycles. The predicted octanol–water partition coefficient (Wildman–Crippen LogP) is 2.88. The zero-order chi connectivity index (χ0) is 15.5. The molecule has 1 aromatic carbocycles. The van der Waals surface area contributed by atoms with Crippen LogP contribution in [0.2, 0.25) is 0 Å². The van der Waals surface area contributed by atoms with Crippen LogP contribution in [0.5, 0.6) is 0 Å². The van der Waals surface area contributed by atoms with E-state index in [1.54, 1.807) is 0 Å². The minimum atomic E-state index is -3.78. The Hall–Kier alpha value is -0.660. The number of anilines is 1. The van der Waals surface area contributed by atoms with Gasteiger partial charge in [-0.2, -0.15) is 0 Å². The van der Waals surface area contributed by atoms with Crippen molar-refractivity contribution in [2.45, 2.75) is 38.6 Å². The highest BCUT2D eigenvalue weighted by molar-refractivity contribution is 9.10. The third-order valence-corrected chi connectivity index (χ3v) is 6.72. The van der Waals surface area contributed by atoms with Crippen molar-refractivity contribution in [3.05, 3.63) is 22.4 Å². The number of nitrogen functional groups attached to an aromatic ring is 1. The third kappa shape index (κ3) is 2.25. The van der Waals surface area contributed by atoms with Gasteiger partial charge in [0, 0.05) is 6.04 Å². The Morgan fingerprint density at radius 1 is 1.25 bits per heavy atom. The highest BCUT2D eigenvalue weighted by Gasteiger charge is 2.66. The molecule has 3 N–H and O–H groups in total. The van der Waals surface area contributed by atoms with E-state index in [4.69, 9.17) is 5.73 Å². The Morgan fingerprint density at radius 2 is 1.75 bits per heavy atom. The summed E-state index contributed by atoms with van der Waals surface area (Å²) in [5.41, 5.74) is 5.26. The molecule has 0 spiro atoms. The van der Waals surface area contributed by atoms with Crippen molar-refractivity contribution in [2.75, 3.05) is 5.73 Å². The number of hydrogen-bond donors (Lipinski definition) is 2. The average molecular weight is 365 g/mol. The molecule has 1 saturated carbocycles. The topological polar surface area (TPSA) is 72.2 Å². The van der Waals surface area contributed by atoms with E-state index in [0.717, 1.165) is 6.07 Å². The minimum absolute atomic E-state index is 0.0707. The number of benzene rings is 1. The fraction of sp³-hybridized carbons (Fsp3) is 0.538. The van der Waals surface area contributed by atoms with Gasteiger partial charge >= 0.3 is 0 Å². The fourth-order valence-corrected chi connectivity index (χ4v) is 4.65. The van der Waals surface area contributed by atoms with E-state index in [2.05, 4.69) is 20.7 Å². The van der Waals surface area contributed by atoms with Gasteiger partial charge in [0.15, 0.2) is 0 Å². The smallest absolute Gasteiger partial charge is 0.242 e. The maximum atomic E-state index is 13.3. The van der Waals surface area contributed by atoms with Crippen LogP contribution in [-0.2, 0) is 10.0 Å². The molecule has 1 aromatic rings. The van der Waals surface area contributed by atoms with E-state index in [1.807, 2.05) is 27.7 Å². The van der Waals surface area contributed by atoms with Crippen LogP contribution in [0, 0.1) is 16.6 Å². The molecule has 0 atom stereocenters. The standard InChI is InChI=1S/C13H18BrFN2O2S/c1-12(2)11(13(12,3)4)17-20(18,19)10-5-7(14)8(15)6-9(10)16/h5-6,11,17H,16H2,1-4H3. The van der Waals surface area contributed by atoms with Gasteiger partial charge in [0.05, 0.1) is 10.2 Å². The molecule has 0 bridgehead atoms. The number of nitrogens with one attached hydrogen (secondary N) is 1. The summed E-state index contributed by atoms with van der Waals surface area (Å²) in [6.07, 6.45) is 0. The minimum Gasteiger partial charge on any atom is -0.398 e.